The fraction of sp³-hybridized carbons (Fsp3) is 0.500. The normalized spacial score (nSPS) is 20.3. The van der Waals surface area contributed by atoms with Crippen molar-refractivity contribution in [2.24, 2.45) is 0 Å². The zero-order valence-electron chi connectivity index (χ0n) is 9.67. The highest BCUT2D eigenvalue weighted by Crippen LogP contribution is 2.20. The van der Waals surface area contributed by atoms with Crippen molar-refractivity contribution >= 4 is 5.69 Å². The molecular weight excluding hydrogens is 216 g/mol. The largest absolute Gasteiger partial charge is 0.394 e. The Kier molecular flexibility index (Phi) is 3.45. The fourth-order valence-electron chi connectivity index (χ4n) is 2.27. The Morgan fingerprint density at radius 3 is 3.18 bits per heavy atom. The van der Waals surface area contributed by atoms with Crippen LogP contribution >= 0.6 is 0 Å². The van der Waals surface area contributed by atoms with Gasteiger partial charge in [-0.05, 0) is 18.6 Å². The van der Waals surface area contributed by atoms with E-state index in [2.05, 4.69) is 11.0 Å². The number of nitriles is 1. The summed E-state index contributed by atoms with van der Waals surface area (Å²) in [6.45, 7) is 2.54. The topological polar surface area (TPSA) is 75.1 Å². The minimum atomic E-state index is -0.111. The second-order valence-corrected chi connectivity index (χ2v) is 4.33. The van der Waals surface area contributed by atoms with Crippen LogP contribution in [0.2, 0.25) is 0 Å². The molecule has 17 heavy (non-hydrogen) atoms. The molecule has 2 heterocycles. The standard InChI is InChI=1S/C12H16N4O/c13-5-2-6-15-8-4-10(9-15)16-7-1-3-11(14)12(16)17/h1,3,7,10H,2,4,6,8-9,14H2/t10-/m0/s1. The van der Waals surface area contributed by atoms with Crippen LogP contribution in [0, 0.1) is 11.3 Å². The summed E-state index contributed by atoms with van der Waals surface area (Å²) < 4.78 is 1.71. The Labute approximate surface area is 100 Å². The molecule has 1 aliphatic heterocycles. The predicted octanol–water partition coefficient (Wildman–Crippen LogP) is 0.591. The van der Waals surface area contributed by atoms with Crippen molar-refractivity contribution in [1.82, 2.24) is 9.47 Å². The SMILES string of the molecule is N#CCCN1CC[C@H](n2cccc(N)c2=O)C1. The smallest absolute Gasteiger partial charge is 0.273 e. The number of hydrogen-bond acceptors (Lipinski definition) is 4. The molecule has 90 valence electrons. The Balaban J connectivity index is 2.08. The molecule has 0 saturated carbocycles. The molecule has 1 aliphatic rings. The number of nitrogens with zero attached hydrogens (tertiary/aromatic N) is 3. The first-order chi connectivity index (χ1) is 8.22. The van der Waals surface area contributed by atoms with Crippen LogP contribution < -0.4 is 11.3 Å². The van der Waals surface area contributed by atoms with E-state index in [1.165, 1.54) is 0 Å². The molecule has 0 bridgehead atoms. The van der Waals surface area contributed by atoms with Crippen molar-refractivity contribution < 1.29 is 0 Å². The van der Waals surface area contributed by atoms with Crippen molar-refractivity contribution in [2.75, 3.05) is 25.4 Å². The molecule has 0 aliphatic carbocycles. The van der Waals surface area contributed by atoms with E-state index in [-0.39, 0.29) is 11.6 Å². The molecule has 5 nitrogen and oxygen atoms in total. The second kappa shape index (κ2) is 5.02. The van der Waals surface area contributed by atoms with Crippen molar-refractivity contribution in [3.63, 3.8) is 0 Å². The summed E-state index contributed by atoms with van der Waals surface area (Å²) in [5.41, 5.74) is 5.80. The van der Waals surface area contributed by atoms with E-state index in [1.807, 2.05) is 0 Å². The van der Waals surface area contributed by atoms with Gasteiger partial charge in [-0.25, -0.2) is 0 Å². The van der Waals surface area contributed by atoms with Gasteiger partial charge in [-0.15, -0.1) is 0 Å². The van der Waals surface area contributed by atoms with Crippen LogP contribution in [0.1, 0.15) is 18.9 Å². The third-order valence-corrected chi connectivity index (χ3v) is 3.18. The van der Waals surface area contributed by atoms with Crippen molar-refractivity contribution in [1.29, 1.82) is 5.26 Å². The number of anilines is 1. The Morgan fingerprint density at radius 2 is 2.41 bits per heavy atom. The Hall–Kier alpha value is -1.80. The maximum Gasteiger partial charge on any atom is 0.273 e. The van der Waals surface area contributed by atoms with Crippen LogP contribution in [0.4, 0.5) is 5.69 Å². The zero-order chi connectivity index (χ0) is 12.3. The summed E-state index contributed by atoms with van der Waals surface area (Å²) in [7, 11) is 0. The molecule has 1 aromatic rings. The van der Waals surface area contributed by atoms with E-state index in [4.69, 9.17) is 11.0 Å². The molecular formula is C12H16N4O. The summed E-state index contributed by atoms with van der Waals surface area (Å²) >= 11 is 0. The molecule has 1 aromatic heterocycles. The van der Waals surface area contributed by atoms with Gasteiger partial charge in [-0.1, -0.05) is 0 Å². The molecule has 0 unspecified atom stereocenters. The van der Waals surface area contributed by atoms with E-state index in [0.717, 1.165) is 26.1 Å². The van der Waals surface area contributed by atoms with Gasteiger partial charge in [0, 0.05) is 32.3 Å². The molecule has 1 saturated heterocycles. The molecule has 0 spiro atoms. The highest BCUT2D eigenvalue weighted by Gasteiger charge is 2.24. The third-order valence-electron chi connectivity index (χ3n) is 3.18. The van der Waals surface area contributed by atoms with E-state index in [9.17, 15) is 4.79 Å². The first-order valence-electron chi connectivity index (χ1n) is 5.78. The van der Waals surface area contributed by atoms with E-state index >= 15 is 0 Å². The third kappa shape index (κ3) is 2.48. The molecule has 0 aromatic carbocycles. The molecule has 5 heteroatoms. The lowest BCUT2D eigenvalue weighted by Gasteiger charge is -2.16. The molecule has 1 atom stereocenters. The summed E-state index contributed by atoms with van der Waals surface area (Å²) in [5.74, 6) is 0. The van der Waals surface area contributed by atoms with Crippen LogP contribution in [0.25, 0.3) is 0 Å². The van der Waals surface area contributed by atoms with Gasteiger partial charge in [0.1, 0.15) is 0 Å². The maximum absolute atomic E-state index is 11.8. The Bertz CT molecular complexity index is 488. The molecule has 2 rings (SSSR count). The van der Waals surface area contributed by atoms with E-state index in [1.54, 1.807) is 22.9 Å². The summed E-state index contributed by atoms with van der Waals surface area (Å²) in [5, 5.41) is 8.54. The number of hydrogen-bond donors (Lipinski definition) is 1. The molecule has 0 amide bonds. The zero-order valence-corrected chi connectivity index (χ0v) is 9.67. The number of rotatable bonds is 3. The van der Waals surface area contributed by atoms with Crippen LogP contribution in [-0.4, -0.2) is 29.1 Å². The number of pyridine rings is 1. The number of nitrogen functional groups attached to an aromatic ring is 1. The van der Waals surface area contributed by atoms with Gasteiger partial charge in [-0.3, -0.25) is 4.79 Å². The van der Waals surface area contributed by atoms with Gasteiger partial charge in [-0.2, -0.15) is 5.26 Å². The van der Waals surface area contributed by atoms with Crippen LogP contribution in [0.15, 0.2) is 23.1 Å². The van der Waals surface area contributed by atoms with Gasteiger partial charge in [0.2, 0.25) is 0 Å². The number of likely N-dealkylation sites (tertiary alicyclic amines) is 1. The molecule has 2 N–H and O–H groups in total. The maximum atomic E-state index is 11.8. The van der Waals surface area contributed by atoms with Gasteiger partial charge in [0.15, 0.2) is 0 Å². The van der Waals surface area contributed by atoms with Gasteiger partial charge in [0.05, 0.1) is 17.8 Å². The predicted molar refractivity (Wildman–Crippen MR) is 65.4 cm³/mol. The van der Waals surface area contributed by atoms with E-state index in [0.29, 0.717) is 12.1 Å². The minimum Gasteiger partial charge on any atom is -0.394 e. The molecule has 1 fully saturated rings. The lowest BCUT2D eigenvalue weighted by atomic mass is 10.2. The lowest BCUT2D eigenvalue weighted by molar-refractivity contribution is 0.330. The fourth-order valence-corrected chi connectivity index (χ4v) is 2.27. The first kappa shape index (κ1) is 11.7. The van der Waals surface area contributed by atoms with Gasteiger partial charge >= 0.3 is 0 Å². The van der Waals surface area contributed by atoms with Gasteiger partial charge in [0.25, 0.3) is 5.56 Å². The molecule has 0 radical (unpaired) electrons. The van der Waals surface area contributed by atoms with Crippen molar-refractivity contribution in [3.8, 4) is 6.07 Å². The van der Waals surface area contributed by atoms with Crippen molar-refractivity contribution in [3.05, 3.63) is 28.7 Å². The van der Waals surface area contributed by atoms with Crippen LogP contribution in [0.3, 0.4) is 0 Å². The first-order valence-corrected chi connectivity index (χ1v) is 5.78. The van der Waals surface area contributed by atoms with Gasteiger partial charge < -0.3 is 15.2 Å². The lowest BCUT2D eigenvalue weighted by Crippen LogP contribution is -2.29. The second-order valence-electron chi connectivity index (χ2n) is 4.33. The summed E-state index contributed by atoms with van der Waals surface area (Å²) in [6.07, 6.45) is 3.27. The number of nitrogens with two attached hydrogens (primary N) is 1. The van der Waals surface area contributed by atoms with Crippen molar-refractivity contribution in [2.45, 2.75) is 18.9 Å². The summed E-state index contributed by atoms with van der Waals surface area (Å²) in [6, 6.07) is 5.75. The van der Waals surface area contributed by atoms with Crippen LogP contribution in [0.5, 0.6) is 0 Å². The van der Waals surface area contributed by atoms with E-state index < -0.39 is 0 Å². The highest BCUT2D eigenvalue weighted by molar-refractivity contribution is 5.33. The minimum absolute atomic E-state index is 0.111. The van der Waals surface area contributed by atoms with Crippen LogP contribution in [-0.2, 0) is 0 Å². The average molecular weight is 232 g/mol. The highest BCUT2D eigenvalue weighted by atomic mass is 16.1. The number of aromatic nitrogens is 1. The average Bonchev–Trinajstić information content (AvgIpc) is 2.78. The summed E-state index contributed by atoms with van der Waals surface area (Å²) in [4.78, 5) is 14.1. The Morgan fingerprint density at radius 1 is 1.59 bits per heavy atom. The monoisotopic (exact) mass is 232 g/mol. The quantitative estimate of drug-likeness (QED) is 0.827.